The maximum atomic E-state index is 14.0. The van der Waals surface area contributed by atoms with Gasteiger partial charge >= 0.3 is 5.97 Å². The Bertz CT molecular complexity index is 813. The first-order chi connectivity index (χ1) is 16.2. The van der Waals surface area contributed by atoms with E-state index in [2.05, 4.69) is 13.2 Å². The summed E-state index contributed by atoms with van der Waals surface area (Å²) in [6.45, 7) is 14.2. The second kappa shape index (κ2) is 10.6. The van der Waals surface area contributed by atoms with E-state index in [4.69, 9.17) is 9.47 Å². The number of likely N-dealkylation sites (tertiary alicyclic amines) is 1. The van der Waals surface area contributed by atoms with Crippen LogP contribution in [-0.2, 0) is 23.9 Å². The molecule has 8 nitrogen and oxygen atoms in total. The van der Waals surface area contributed by atoms with Crippen molar-refractivity contribution in [1.82, 2.24) is 9.80 Å². The zero-order chi connectivity index (χ0) is 25.1. The number of nitrogens with zero attached hydrogens (tertiary/aromatic N) is 2. The van der Waals surface area contributed by atoms with Crippen molar-refractivity contribution < 1.29 is 29.0 Å². The molecule has 1 spiro atoms. The number of amides is 2. The molecule has 0 radical (unpaired) electrons. The topological polar surface area (TPSA) is 96.4 Å². The van der Waals surface area contributed by atoms with Crippen LogP contribution in [0.5, 0.6) is 0 Å². The first-order valence-corrected chi connectivity index (χ1v) is 12.5. The number of aliphatic hydroxyl groups excluding tert-OH is 1. The van der Waals surface area contributed by atoms with Gasteiger partial charge in [-0.2, -0.15) is 0 Å². The van der Waals surface area contributed by atoms with E-state index in [0.29, 0.717) is 51.6 Å². The van der Waals surface area contributed by atoms with Gasteiger partial charge in [0.1, 0.15) is 17.6 Å². The predicted molar refractivity (Wildman–Crippen MR) is 128 cm³/mol. The molecule has 34 heavy (non-hydrogen) atoms. The van der Waals surface area contributed by atoms with Crippen molar-refractivity contribution in [1.29, 1.82) is 0 Å². The van der Waals surface area contributed by atoms with Crippen molar-refractivity contribution in [2.75, 3.05) is 26.3 Å². The van der Waals surface area contributed by atoms with Gasteiger partial charge in [0.2, 0.25) is 11.8 Å². The molecule has 3 fully saturated rings. The smallest absolute Gasteiger partial charge is 0.312 e. The SMILES string of the molecule is C=CCCOC(=O)[C@@H]1[C@H]2C(=O)N(CCCCO)C(C(=O)N(CC=C)C(C)C)C23CC[C@@]1(CC)O3. The number of esters is 1. The third-order valence-electron chi connectivity index (χ3n) is 7.77. The molecule has 0 saturated carbocycles. The van der Waals surface area contributed by atoms with Crippen molar-refractivity contribution in [2.24, 2.45) is 11.8 Å². The number of unbranched alkanes of at least 4 members (excludes halogenated alkanes) is 1. The summed E-state index contributed by atoms with van der Waals surface area (Å²) in [6, 6.07) is -0.904. The Morgan fingerprint density at radius 2 is 2.03 bits per heavy atom. The maximum Gasteiger partial charge on any atom is 0.312 e. The van der Waals surface area contributed by atoms with E-state index in [1.165, 1.54) is 0 Å². The third kappa shape index (κ3) is 4.19. The van der Waals surface area contributed by atoms with Gasteiger partial charge in [-0.05, 0) is 52.4 Å². The summed E-state index contributed by atoms with van der Waals surface area (Å²) >= 11 is 0. The van der Waals surface area contributed by atoms with Gasteiger partial charge in [0.15, 0.2) is 0 Å². The molecule has 0 aliphatic carbocycles. The molecule has 8 heteroatoms. The Balaban J connectivity index is 2.04. The van der Waals surface area contributed by atoms with Crippen LogP contribution in [0.25, 0.3) is 0 Å². The molecule has 5 atom stereocenters. The third-order valence-corrected chi connectivity index (χ3v) is 7.77. The van der Waals surface area contributed by atoms with Crippen molar-refractivity contribution >= 4 is 17.8 Å². The van der Waals surface area contributed by atoms with Gasteiger partial charge in [0.05, 0.1) is 18.1 Å². The fourth-order valence-electron chi connectivity index (χ4n) is 6.17. The van der Waals surface area contributed by atoms with Crippen molar-refractivity contribution in [3.63, 3.8) is 0 Å². The molecule has 0 aromatic rings. The van der Waals surface area contributed by atoms with Crippen LogP contribution in [0, 0.1) is 11.8 Å². The fraction of sp³-hybridized carbons (Fsp3) is 0.731. The Kier molecular flexibility index (Phi) is 8.24. The molecule has 3 aliphatic heterocycles. The minimum atomic E-state index is -1.06. The van der Waals surface area contributed by atoms with Gasteiger partial charge < -0.3 is 24.4 Å². The van der Waals surface area contributed by atoms with Gasteiger partial charge in [-0.1, -0.05) is 19.1 Å². The summed E-state index contributed by atoms with van der Waals surface area (Å²) in [6.07, 6.45) is 6.68. The first-order valence-electron chi connectivity index (χ1n) is 12.5. The Morgan fingerprint density at radius 3 is 2.62 bits per heavy atom. The molecule has 2 unspecified atom stereocenters. The normalized spacial score (nSPS) is 31.6. The molecule has 3 saturated heterocycles. The summed E-state index contributed by atoms with van der Waals surface area (Å²) < 4.78 is 12.3. The van der Waals surface area contributed by atoms with Gasteiger partial charge in [-0.3, -0.25) is 14.4 Å². The van der Waals surface area contributed by atoms with E-state index < -0.39 is 35.0 Å². The quantitative estimate of drug-likeness (QED) is 0.249. The van der Waals surface area contributed by atoms with E-state index in [-0.39, 0.29) is 31.1 Å². The van der Waals surface area contributed by atoms with Crippen molar-refractivity contribution in [3.05, 3.63) is 25.3 Å². The largest absolute Gasteiger partial charge is 0.465 e. The summed E-state index contributed by atoms with van der Waals surface area (Å²) in [7, 11) is 0. The molecule has 2 bridgehead atoms. The molecule has 0 aromatic carbocycles. The molecule has 190 valence electrons. The average molecular weight is 477 g/mol. The second-order valence-electron chi connectivity index (χ2n) is 9.91. The summed E-state index contributed by atoms with van der Waals surface area (Å²) in [5.74, 6) is -2.33. The first kappa shape index (κ1) is 26.4. The zero-order valence-electron chi connectivity index (χ0n) is 20.8. The standard InChI is InChI=1S/C26H40N2O6/c1-6-9-17-33-24(32)20-19-22(30)28(15-10-11-16-29)21(23(31)27(14-7-2)18(4)5)26(19)13-12-25(20,8-3)34-26/h6-7,18-21,29H,1-2,8-17H2,3-5H3/t19-,20-,21?,25+,26?/m0/s1. The molecule has 2 amide bonds. The lowest BCUT2D eigenvalue weighted by Gasteiger charge is -2.38. The maximum absolute atomic E-state index is 14.0. The van der Waals surface area contributed by atoms with Crippen LogP contribution in [0.1, 0.15) is 59.3 Å². The Hall–Kier alpha value is -2.19. The highest BCUT2D eigenvalue weighted by Gasteiger charge is 2.79. The van der Waals surface area contributed by atoms with Crippen LogP contribution in [0.4, 0.5) is 0 Å². The monoisotopic (exact) mass is 476 g/mol. The lowest BCUT2D eigenvalue weighted by molar-refractivity contribution is -0.162. The van der Waals surface area contributed by atoms with E-state index in [1.54, 1.807) is 22.0 Å². The highest BCUT2D eigenvalue weighted by atomic mass is 16.6. The van der Waals surface area contributed by atoms with Crippen LogP contribution in [0.3, 0.4) is 0 Å². The molecular formula is C26H40N2O6. The number of carbonyl (C=O) groups is 3. The molecule has 3 rings (SSSR count). The summed E-state index contributed by atoms with van der Waals surface area (Å²) in [4.78, 5) is 44.5. The molecule has 0 aromatic heterocycles. The van der Waals surface area contributed by atoms with Gasteiger partial charge in [-0.25, -0.2) is 0 Å². The van der Waals surface area contributed by atoms with Gasteiger partial charge in [-0.15, -0.1) is 13.2 Å². The lowest BCUT2D eigenvalue weighted by Crippen LogP contribution is -2.57. The lowest BCUT2D eigenvalue weighted by atomic mass is 9.65. The van der Waals surface area contributed by atoms with Crippen molar-refractivity contribution in [2.45, 2.75) is 82.6 Å². The highest BCUT2D eigenvalue weighted by Crippen LogP contribution is 2.64. The van der Waals surface area contributed by atoms with E-state index in [9.17, 15) is 19.5 Å². The second-order valence-corrected chi connectivity index (χ2v) is 9.91. The molecule has 3 heterocycles. The summed E-state index contributed by atoms with van der Waals surface area (Å²) in [5, 5.41) is 9.28. The molecule has 1 N–H and O–H groups in total. The van der Waals surface area contributed by atoms with E-state index >= 15 is 0 Å². The number of ether oxygens (including phenoxy) is 2. The predicted octanol–water partition coefficient (Wildman–Crippen LogP) is 2.46. The minimum Gasteiger partial charge on any atom is -0.465 e. The Morgan fingerprint density at radius 1 is 1.29 bits per heavy atom. The van der Waals surface area contributed by atoms with Crippen LogP contribution >= 0.6 is 0 Å². The van der Waals surface area contributed by atoms with E-state index in [0.717, 1.165) is 0 Å². The minimum absolute atomic E-state index is 0.0114. The van der Waals surface area contributed by atoms with Crippen LogP contribution in [0.2, 0.25) is 0 Å². The van der Waals surface area contributed by atoms with Crippen LogP contribution in [0.15, 0.2) is 25.3 Å². The fourth-order valence-corrected chi connectivity index (χ4v) is 6.17. The van der Waals surface area contributed by atoms with Gasteiger partial charge in [0.25, 0.3) is 0 Å². The molecule has 3 aliphatic rings. The van der Waals surface area contributed by atoms with Gasteiger partial charge in [0, 0.05) is 25.7 Å². The number of rotatable bonds is 13. The summed E-state index contributed by atoms with van der Waals surface area (Å²) in [5.41, 5.74) is -1.86. The molecular weight excluding hydrogens is 436 g/mol. The number of hydrogen-bond acceptors (Lipinski definition) is 6. The van der Waals surface area contributed by atoms with E-state index in [1.807, 2.05) is 20.8 Å². The number of hydrogen-bond donors (Lipinski definition) is 1. The van der Waals surface area contributed by atoms with Crippen LogP contribution in [-0.4, -0.2) is 82.3 Å². The average Bonchev–Trinajstić information content (AvgIpc) is 3.41. The van der Waals surface area contributed by atoms with Crippen molar-refractivity contribution in [3.8, 4) is 0 Å². The number of aliphatic hydroxyl groups is 1. The number of fused-ring (bicyclic) bond motifs is 1. The van der Waals surface area contributed by atoms with Crippen LogP contribution < -0.4 is 0 Å². The zero-order valence-corrected chi connectivity index (χ0v) is 20.8. The Labute approximate surface area is 202 Å². The highest BCUT2D eigenvalue weighted by molar-refractivity contribution is 5.98. The number of carbonyl (C=O) groups excluding carboxylic acids is 3.